The normalized spacial score (nSPS) is 10.7. The number of benzene rings is 2. The van der Waals surface area contributed by atoms with E-state index in [2.05, 4.69) is 26.6 Å². The van der Waals surface area contributed by atoms with Gasteiger partial charge >= 0.3 is 0 Å². The molecule has 0 bridgehead atoms. The average Bonchev–Trinajstić information content (AvgIpc) is 3.37. The molecule has 152 valence electrons. The highest BCUT2D eigenvalue weighted by Crippen LogP contribution is 2.23. The molecule has 2 heterocycles. The highest BCUT2D eigenvalue weighted by atomic mass is 35.5. The van der Waals surface area contributed by atoms with Crippen LogP contribution in [0, 0.1) is 6.92 Å². The third-order valence-electron chi connectivity index (χ3n) is 4.32. The first-order valence-electron chi connectivity index (χ1n) is 9.24. The molecule has 0 fully saturated rings. The Morgan fingerprint density at radius 3 is 2.87 bits per heavy atom. The van der Waals surface area contributed by atoms with Crippen molar-refractivity contribution in [1.82, 2.24) is 24.5 Å². The Kier molecular flexibility index (Phi) is 5.76. The van der Waals surface area contributed by atoms with Crippen LogP contribution < -0.4 is 10.1 Å². The standard InChI is InChI=1S/C21H19ClN6O2/c1-15-5-4-6-16(11-15)12-27-13-23-21(26-27)25-20(29)18-9-10-24-28(18)14-30-19-8-3-2-7-17(19)22/h2-11,13H,12,14H2,1H3,(H,25,26,29). The van der Waals surface area contributed by atoms with Crippen LogP contribution in [0.15, 0.2) is 67.1 Å². The summed E-state index contributed by atoms with van der Waals surface area (Å²) < 4.78 is 8.76. The zero-order valence-electron chi connectivity index (χ0n) is 16.2. The van der Waals surface area contributed by atoms with E-state index in [4.69, 9.17) is 16.3 Å². The summed E-state index contributed by atoms with van der Waals surface area (Å²) in [6, 6.07) is 16.8. The zero-order valence-corrected chi connectivity index (χ0v) is 17.0. The first-order chi connectivity index (χ1) is 14.6. The van der Waals surface area contributed by atoms with Crippen LogP contribution in [0.3, 0.4) is 0 Å². The first kappa shape index (κ1) is 19.7. The number of hydrogen-bond acceptors (Lipinski definition) is 5. The van der Waals surface area contributed by atoms with Gasteiger partial charge in [0.15, 0.2) is 6.73 Å². The fraction of sp³-hybridized carbons (Fsp3) is 0.143. The zero-order chi connectivity index (χ0) is 20.9. The van der Waals surface area contributed by atoms with E-state index in [1.165, 1.54) is 16.4 Å². The first-order valence-corrected chi connectivity index (χ1v) is 9.62. The second-order valence-corrected chi connectivity index (χ2v) is 7.04. The SMILES string of the molecule is Cc1cccc(Cn2cnc(NC(=O)c3ccnn3COc3ccccc3Cl)n2)c1. The number of nitrogens with one attached hydrogen (secondary N) is 1. The van der Waals surface area contributed by atoms with E-state index in [1.807, 2.05) is 37.3 Å². The number of anilines is 1. The van der Waals surface area contributed by atoms with Gasteiger partial charge in [-0.25, -0.2) is 14.3 Å². The molecule has 1 N–H and O–H groups in total. The topological polar surface area (TPSA) is 86.9 Å². The number of aryl methyl sites for hydroxylation is 1. The van der Waals surface area contributed by atoms with Gasteiger partial charge in [-0.05, 0) is 30.7 Å². The number of amides is 1. The highest BCUT2D eigenvalue weighted by molar-refractivity contribution is 6.32. The number of carbonyl (C=O) groups excluding carboxylic acids is 1. The van der Waals surface area contributed by atoms with E-state index in [0.717, 1.165) is 5.56 Å². The lowest BCUT2D eigenvalue weighted by atomic mass is 10.1. The average molecular weight is 423 g/mol. The summed E-state index contributed by atoms with van der Waals surface area (Å²) in [4.78, 5) is 16.8. The molecule has 30 heavy (non-hydrogen) atoms. The molecular weight excluding hydrogens is 404 g/mol. The lowest BCUT2D eigenvalue weighted by molar-refractivity contribution is 0.100. The lowest BCUT2D eigenvalue weighted by Gasteiger charge is -2.10. The second-order valence-electron chi connectivity index (χ2n) is 6.63. The van der Waals surface area contributed by atoms with E-state index >= 15 is 0 Å². The van der Waals surface area contributed by atoms with Gasteiger partial charge in [-0.3, -0.25) is 10.1 Å². The van der Waals surface area contributed by atoms with Gasteiger partial charge in [0.2, 0.25) is 5.95 Å². The largest absolute Gasteiger partial charge is 0.470 e. The summed E-state index contributed by atoms with van der Waals surface area (Å²) in [5.74, 6) is 0.341. The van der Waals surface area contributed by atoms with Gasteiger partial charge in [-0.15, -0.1) is 5.10 Å². The van der Waals surface area contributed by atoms with Crippen LogP contribution in [-0.2, 0) is 13.3 Å². The molecule has 0 unspecified atom stereocenters. The van der Waals surface area contributed by atoms with Crippen LogP contribution in [0.1, 0.15) is 21.6 Å². The minimum atomic E-state index is -0.386. The van der Waals surface area contributed by atoms with Crippen LogP contribution in [0.4, 0.5) is 5.95 Å². The smallest absolute Gasteiger partial charge is 0.276 e. The maximum absolute atomic E-state index is 12.6. The Hall–Kier alpha value is -3.65. The molecule has 0 saturated heterocycles. The molecule has 0 aliphatic rings. The number of rotatable bonds is 7. The minimum Gasteiger partial charge on any atom is -0.470 e. The summed E-state index contributed by atoms with van der Waals surface area (Å²) in [5, 5.41) is 11.6. The predicted molar refractivity (Wildman–Crippen MR) is 113 cm³/mol. The summed E-state index contributed by atoms with van der Waals surface area (Å²) in [5.41, 5.74) is 2.60. The summed E-state index contributed by atoms with van der Waals surface area (Å²) in [7, 11) is 0. The van der Waals surface area contributed by atoms with Crippen molar-refractivity contribution in [3.8, 4) is 5.75 Å². The maximum atomic E-state index is 12.6. The summed E-state index contributed by atoms with van der Waals surface area (Å²) in [6.07, 6.45) is 3.10. The predicted octanol–water partition coefficient (Wildman–Crippen LogP) is 3.77. The molecular formula is C21H19ClN6O2. The third kappa shape index (κ3) is 4.66. The number of aromatic nitrogens is 5. The molecule has 0 radical (unpaired) electrons. The van der Waals surface area contributed by atoms with Gasteiger partial charge in [0.05, 0.1) is 11.6 Å². The number of para-hydroxylation sites is 1. The Balaban J connectivity index is 1.40. The molecule has 0 spiro atoms. The van der Waals surface area contributed by atoms with Gasteiger partial charge in [0, 0.05) is 6.20 Å². The Bertz CT molecular complexity index is 1170. The van der Waals surface area contributed by atoms with Crippen molar-refractivity contribution in [2.24, 2.45) is 0 Å². The molecule has 0 aliphatic heterocycles. The van der Waals surface area contributed by atoms with Crippen molar-refractivity contribution in [3.05, 3.63) is 89.0 Å². The Morgan fingerprint density at radius 2 is 2.03 bits per heavy atom. The van der Waals surface area contributed by atoms with Crippen molar-refractivity contribution in [3.63, 3.8) is 0 Å². The molecule has 2 aromatic carbocycles. The van der Waals surface area contributed by atoms with Crippen molar-refractivity contribution in [2.45, 2.75) is 20.2 Å². The van der Waals surface area contributed by atoms with Crippen molar-refractivity contribution < 1.29 is 9.53 Å². The van der Waals surface area contributed by atoms with Gasteiger partial charge in [-0.2, -0.15) is 5.10 Å². The van der Waals surface area contributed by atoms with Crippen LogP contribution in [0.25, 0.3) is 0 Å². The number of carbonyl (C=O) groups is 1. The van der Waals surface area contributed by atoms with Crippen LogP contribution >= 0.6 is 11.6 Å². The monoisotopic (exact) mass is 422 g/mol. The van der Waals surface area contributed by atoms with Crippen molar-refractivity contribution in [1.29, 1.82) is 0 Å². The summed E-state index contributed by atoms with van der Waals surface area (Å²) in [6.45, 7) is 2.64. The molecule has 0 aliphatic carbocycles. The van der Waals surface area contributed by atoms with Crippen molar-refractivity contribution >= 4 is 23.5 Å². The number of nitrogens with zero attached hydrogens (tertiary/aromatic N) is 5. The van der Waals surface area contributed by atoms with Gasteiger partial charge in [0.25, 0.3) is 5.91 Å². The molecule has 2 aromatic heterocycles. The third-order valence-corrected chi connectivity index (χ3v) is 4.63. The quantitative estimate of drug-likeness (QED) is 0.490. The Labute approximate surface area is 178 Å². The molecule has 8 nitrogen and oxygen atoms in total. The van der Waals surface area contributed by atoms with E-state index in [-0.39, 0.29) is 18.6 Å². The number of ether oxygens (including phenoxy) is 1. The van der Waals surface area contributed by atoms with Crippen LogP contribution in [0.5, 0.6) is 5.75 Å². The van der Waals surface area contributed by atoms with E-state index in [0.29, 0.717) is 23.0 Å². The van der Waals surface area contributed by atoms with Gasteiger partial charge in [0.1, 0.15) is 17.8 Å². The number of hydrogen-bond donors (Lipinski definition) is 1. The fourth-order valence-corrected chi connectivity index (χ4v) is 3.10. The molecule has 0 saturated carbocycles. The number of halogens is 1. The van der Waals surface area contributed by atoms with Crippen LogP contribution in [0.2, 0.25) is 5.02 Å². The molecule has 4 aromatic rings. The molecule has 1 amide bonds. The fourth-order valence-electron chi connectivity index (χ4n) is 2.91. The van der Waals surface area contributed by atoms with Crippen LogP contribution in [-0.4, -0.2) is 30.5 Å². The second kappa shape index (κ2) is 8.79. The summed E-state index contributed by atoms with van der Waals surface area (Å²) >= 11 is 6.09. The Morgan fingerprint density at radius 1 is 1.17 bits per heavy atom. The van der Waals surface area contributed by atoms with Gasteiger partial charge < -0.3 is 4.74 Å². The van der Waals surface area contributed by atoms with E-state index in [9.17, 15) is 4.79 Å². The minimum absolute atomic E-state index is 0.0364. The molecule has 4 rings (SSSR count). The maximum Gasteiger partial charge on any atom is 0.276 e. The molecule has 9 heteroatoms. The van der Waals surface area contributed by atoms with E-state index < -0.39 is 0 Å². The highest BCUT2D eigenvalue weighted by Gasteiger charge is 2.15. The van der Waals surface area contributed by atoms with E-state index in [1.54, 1.807) is 29.2 Å². The molecule has 0 atom stereocenters. The van der Waals surface area contributed by atoms with Gasteiger partial charge in [-0.1, -0.05) is 53.6 Å². The lowest BCUT2D eigenvalue weighted by Crippen LogP contribution is -2.20. The van der Waals surface area contributed by atoms with Crippen molar-refractivity contribution in [2.75, 3.05) is 5.32 Å².